The predicted molar refractivity (Wildman–Crippen MR) is 228 cm³/mol. The number of para-hydroxylation sites is 4. The number of furan rings is 1. The van der Waals surface area contributed by atoms with Crippen molar-refractivity contribution < 1.29 is 4.42 Å². The minimum absolute atomic E-state index is 0.702. The van der Waals surface area contributed by atoms with E-state index in [9.17, 15) is 0 Å². The molecule has 0 fully saturated rings. The van der Waals surface area contributed by atoms with Gasteiger partial charge in [0, 0.05) is 63.6 Å². The van der Waals surface area contributed by atoms with E-state index < -0.39 is 0 Å². The molecule has 55 heavy (non-hydrogen) atoms. The molecule has 5 aromatic heterocycles. The average molecular weight is 739 g/mol. The van der Waals surface area contributed by atoms with E-state index in [-0.39, 0.29) is 0 Å². The smallest absolute Gasteiger partial charge is 0.160 e. The van der Waals surface area contributed by atoms with E-state index in [1.165, 1.54) is 41.9 Å². The maximum absolute atomic E-state index is 6.22. The molecule has 5 nitrogen and oxygen atoms in total. The van der Waals surface area contributed by atoms with Crippen LogP contribution in [0.2, 0.25) is 0 Å². The number of nitrogens with zero attached hydrogens (tertiary/aromatic N) is 4. The first-order valence-corrected chi connectivity index (χ1v) is 20.0. The van der Waals surface area contributed by atoms with Crippen LogP contribution in [0.15, 0.2) is 172 Å². The summed E-state index contributed by atoms with van der Waals surface area (Å²) in [5.74, 6) is 0.702. The van der Waals surface area contributed by atoms with Crippen LogP contribution in [0.4, 0.5) is 0 Å². The van der Waals surface area contributed by atoms with Crippen LogP contribution in [-0.2, 0) is 0 Å². The summed E-state index contributed by atoms with van der Waals surface area (Å²) in [6, 6.07) is 56.2. The summed E-state index contributed by atoms with van der Waals surface area (Å²) >= 11 is 3.61. The SMILES string of the molecule is c1ccc(-n2c3cc(-c4nc(-c5ccc6oc7ccccc7c6c5)c5sc6ccccc6c5n4)ccc3c3c4cccc5c4n(c32)-c2ccccc2S5)cc1. The third-order valence-corrected chi connectivity index (χ3v) is 13.4. The fraction of sp³-hybridized carbons (Fsp3) is 0. The molecule has 1 aliphatic heterocycles. The molecule has 1 aliphatic rings. The predicted octanol–water partition coefficient (Wildman–Crippen LogP) is 13.6. The molecule has 0 saturated heterocycles. The van der Waals surface area contributed by atoms with E-state index in [0.717, 1.165) is 71.2 Å². The first-order valence-electron chi connectivity index (χ1n) is 18.3. The first-order chi connectivity index (χ1) is 27.3. The molecule has 0 saturated carbocycles. The Morgan fingerprint density at radius 3 is 2.24 bits per heavy atom. The molecule has 0 radical (unpaired) electrons. The summed E-state index contributed by atoms with van der Waals surface area (Å²) in [6.45, 7) is 0. The average Bonchev–Trinajstić information content (AvgIpc) is 3.99. The largest absolute Gasteiger partial charge is 0.456 e. The van der Waals surface area contributed by atoms with Crippen LogP contribution < -0.4 is 0 Å². The van der Waals surface area contributed by atoms with Crippen molar-refractivity contribution in [2.24, 2.45) is 0 Å². The minimum atomic E-state index is 0.702. The fourth-order valence-corrected chi connectivity index (χ4v) is 11.0. The van der Waals surface area contributed by atoms with Crippen LogP contribution in [-0.4, -0.2) is 19.1 Å². The van der Waals surface area contributed by atoms with Crippen molar-refractivity contribution in [2.75, 3.05) is 0 Å². The third kappa shape index (κ3) is 4.08. The van der Waals surface area contributed by atoms with Crippen molar-refractivity contribution in [3.63, 3.8) is 0 Å². The van der Waals surface area contributed by atoms with Gasteiger partial charge in [-0.15, -0.1) is 11.3 Å². The van der Waals surface area contributed by atoms with Crippen LogP contribution in [0.1, 0.15) is 0 Å². The summed E-state index contributed by atoms with van der Waals surface area (Å²) in [7, 11) is 0. The molecule has 7 heteroatoms. The second-order valence-corrected chi connectivity index (χ2v) is 16.3. The highest BCUT2D eigenvalue weighted by Gasteiger charge is 2.28. The number of fused-ring (bicyclic) bond motifs is 13. The van der Waals surface area contributed by atoms with Crippen LogP contribution in [0.3, 0.4) is 0 Å². The Balaban J connectivity index is 1.12. The van der Waals surface area contributed by atoms with Crippen LogP contribution in [0, 0.1) is 0 Å². The van der Waals surface area contributed by atoms with Gasteiger partial charge in [-0.3, -0.25) is 9.13 Å². The molecule has 0 spiro atoms. The molecule has 12 aromatic rings. The van der Waals surface area contributed by atoms with Crippen molar-refractivity contribution in [3.05, 3.63) is 158 Å². The molecule has 256 valence electrons. The quantitative estimate of drug-likeness (QED) is 0.181. The Hall–Kier alpha value is -6.67. The standard InChI is InChI=1S/C48H26N4OS2/c1-2-11-29(12-3-1)51-36-26-28(21-23-31(36)42-33-15-10-20-41-45(33)52(48(42)51)35-16-6-9-19-40(35)54-41)47-49-43(46-44(50-47)32-14-5-8-18-39(32)55-46)27-22-24-38-34(25-27)30-13-4-7-17-37(30)53-38/h1-26H. The van der Waals surface area contributed by atoms with E-state index in [1.807, 2.05) is 23.9 Å². The van der Waals surface area contributed by atoms with Crippen LogP contribution >= 0.6 is 23.1 Å². The Labute approximate surface area is 321 Å². The Bertz CT molecular complexity index is 3590. The summed E-state index contributed by atoms with van der Waals surface area (Å²) < 4.78 is 13.4. The molecule has 6 heterocycles. The van der Waals surface area contributed by atoms with Gasteiger partial charge < -0.3 is 4.42 Å². The van der Waals surface area contributed by atoms with Gasteiger partial charge in [0.1, 0.15) is 16.8 Å². The highest BCUT2D eigenvalue weighted by molar-refractivity contribution is 7.99. The van der Waals surface area contributed by atoms with Crippen molar-refractivity contribution in [2.45, 2.75) is 9.79 Å². The molecule has 0 atom stereocenters. The van der Waals surface area contributed by atoms with Crippen LogP contribution in [0.25, 0.3) is 109 Å². The Morgan fingerprint density at radius 2 is 1.29 bits per heavy atom. The van der Waals surface area contributed by atoms with Crippen molar-refractivity contribution in [1.29, 1.82) is 0 Å². The second-order valence-electron chi connectivity index (χ2n) is 14.1. The van der Waals surface area contributed by atoms with Gasteiger partial charge in [0.15, 0.2) is 5.82 Å². The number of hydrogen-bond acceptors (Lipinski definition) is 5. The topological polar surface area (TPSA) is 48.8 Å². The molecular formula is C48H26N4OS2. The molecule has 13 rings (SSSR count). The number of aromatic nitrogens is 4. The zero-order valence-corrected chi connectivity index (χ0v) is 30.7. The molecule has 7 aromatic carbocycles. The summed E-state index contributed by atoms with van der Waals surface area (Å²) in [6.07, 6.45) is 0. The van der Waals surface area contributed by atoms with Gasteiger partial charge in [0.2, 0.25) is 0 Å². The van der Waals surface area contributed by atoms with Gasteiger partial charge in [0.05, 0.1) is 32.6 Å². The van der Waals surface area contributed by atoms with Gasteiger partial charge in [0.25, 0.3) is 0 Å². The highest BCUT2D eigenvalue weighted by Crippen LogP contribution is 2.50. The van der Waals surface area contributed by atoms with Gasteiger partial charge in [-0.05, 0) is 66.7 Å². The van der Waals surface area contributed by atoms with Gasteiger partial charge >= 0.3 is 0 Å². The maximum atomic E-state index is 6.22. The second kappa shape index (κ2) is 10.9. The Kier molecular flexibility index (Phi) is 5.92. The molecule has 0 bridgehead atoms. The van der Waals surface area contributed by atoms with E-state index in [4.69, 9.17) is 14.4 Å². The number of benzene rings is 7. The zero-order chi connectivity index (χ0) is 35.8. The van der Waals surface area contributed by atoms with Crippen molar-refractivity contribution in [1.82, 2.24) is 19.1 Å². The molecule has 0 aliphatic carbocycles. The van der Waals surface area contributed by atoms with Gasteiger partial charge in [-0.2, -0.15) is 0 Å². The zero-order valence-electron chi connectivity index (χ0n) is 29.0. The number of hydrogen-bond donors (Lipinski definition) is 0. The number of rotatable bonds is 3. The molecule has 0 N–H and O–H groups in total. The van der Waals surface area contributed by atoms with Crippen molar-refractivity contribution >= 4 is 98.2 Å². The van der Waals surface area contributed by atoms with E-state index in [2.05, 4.69) is 155 Å². The highest BCUT2D eigenvalue weighted by atomic mass is 32.2. The van der Waals surface area contributed by atoms with E-state index in [1.54, 1.807) is 11.3 Å². The lowest BCUT2D eigenvalue weighted by Crippen LogP contribution is -2.05. The lowest BCUT2D eigenvalue weighted by Gasteiger charge is -2.21. The summed E-state index contributed by atoms with van der Waals surface area (Å²) in [5.41, 5.74) is 11.5. The lowest BCUT2D eigenvalue weighted by molar-refractivity contribution is 0.669. The first kappa shape index (κ1) is 29.7. The summed E-state index contributed by atoms with van der Waals surface area (Å²) in [4.78, 5) is 13.3. The normalized spacial score (nSPS) is 12.7. The lowest BCUT2D eigenvalue weighted by atomic mass is 10.0. The van der Waals surface area contributed by atoms with Crippen LogP contribution in [0.5, 0.6) is 0 Å². The molecule has 0 amide bonds. The third-order valence-electron chi connectivity index (χ3n) is 11.1. The monoisotopic (exact) mass is 738 g/mol. The number of thiophene rings is 1. The minimum Gasteiger partial charge on any atom is -0.456 e. The Morgan fingerprint density at radius 1 is 0.527 bits per heavy atom. The van der Waals surface area contributed by atoms with Gasteiger partial charge in [-0.25, -0.2) is 9.97 Å². The van der Waals surface area contributed by atoms with E-state index in [0.29, 0.717) is 5.82 Å². The maximum Gasteiger partial charge on any atom is 0.160 e. The molecule has 0 unspecified atom stereocenters. The summed E-state index contributed by atoms with van der Waals surface area (Å²) in [5, 5.41) is 7.04. The van der Waals surface area contributed by atoms with Crippen molar-refractivity contribution in [3.8, 4) is 34.0 Å². The molecular weight excluding hydrogens is 713 g/mol. The fourth-order valence-electron chi connectivity index (χ4n) is 8.74. The van der Waals surface area contributed by atoms with E-state index >= 15 is 0 Å². The van der Waals surface area contributed by atoms with Gasteiger partial charge in [-0.1, -0.05) is 103 Å².